The second-order valence-corrected chi connectivity index (χ2v) is 3.79. The minimum Gasteiger partial charge on any atom is -0.480 e. The molecular weight excluding hydrogens is 303 g/mol. The van der Waals surface area contributed by atoms with E-state index in [0.29, 0.717) is 3.57 Å². The van der Waals surface area contributed by atoms with E-state index in [1.54, 1.807) is 22.6 Å². The molecule has 0 bridgehead atoms. The van der Waals surface area contributed by atoms with Crippen molar-refractivity contribution in [2.45, 2.75) is 13.0 Å². The van der Waals surface area contributed by atoms with Gasteiger partial charge in [0, 0.05) is 6.20 Å². The zero-order valence-corrected chi connectivity index (χ0v) is 9.30. The minimum absolute atomic E-state index is 0.126. The van der Waals surface area contributed by atoms with Gasteiger partial charge in [0.1, 0.15) is 6.04 Å². The summed E-state index contributed by atoms with van der Waals surface area (Å²) in [6, 6.07) is -0.864. The molecule has 0 saturated heterocycles. The van der Waals surface area contributed by atoms with Gasteiger partial charge in [-0.15, -0.1) is 0 Å². The number of halogens is 1. The molecule has 0 aliphatic rings. The second-order valence-electron chi connectivity index (χ2n) is 2.63. The number of hydrogen-bond donors (Lipinski definition) is 2. The number of hydrogen-bond acceptors (Lipinski definition) is 3. The number of aromatic carboxylic acids is 1. The number of aromatic nitrogens is 2. The fraction of sp³-hybridized carbons (Fsp3) is 0.286. The van der Waals surface area contributed by atoms with Gasteiger partial charge in [0.05, 0.1) is 3.57 Å². The van der Waals surface area contributed by atoms with Gasteiger partial charge in [0.15, 0.2) is 5.69 Å². The number of carboxylic acids is 2. The van der Waals surface area contributed by atoms with Gasteiger partial charge in [-0.05, 0) is 29.5 Å². The van der Waals surface area contributed by atoms with Crippen LogP contribution in [0.5, 0.6) is 0 Å². The molecule has 0 spiro atoms. The van der Waals surface area contributed by atoms with Gasteiger partial charge in [-0.1, -0.05) is 0 Å². The third-order valence-electron chi connectivity index (χ3n) is 1.64. The number of carbonyl (C=O) groups is 2. The molecule has 6 nitrogen and oxygen atoms in total. The maximum Gasteiger partial charge on any atom is 0.357 e. The average Bonchev–Trinajstić information content (AvgIpc) is 2.45. The van der Waals surface area contributed by atoms with Crippen molar-refractivity contribution in [1.29, 1.82) is 0 Å². The van der Waals surface area contributed by atoms with E-state index in [-0.39, 0.29) is 5.69 Å². The van der Waals surface area contributed by atoms with E-state index in [2.05, 4.69) is 5.10 Å². The molecule has 1 aromatic rings. The molecular formula is C7H7IN2O4. The van der Waals surface area contributed by atoms with Gasteiger partial charge in [0.2, 0.25) is 0 Å². The first-order chi connectivity index (χ1) is 6.43. The zero-order chi connectivity index (χ0) is 10.9. The standard InChI is InChI=1S/C7H7IN2O4/c1-3(6(11)12)10-2-4(8)5(9-10)7(13)14/h2-3H,1H3,(H,11,12)(H,13,14)/t3-/m1/s1. The number of nitrogens with zero attached hydrogens (tertiary/aromatic N) is 2. The molecule has 0 radical (unpaired) electrons. The summed E-state index contributed by atoms with van der Waals surface area (Å²) in [7, 11) is 0. The summed E-state index contributed by atoms with van der Waals surface area (Å²) in [6.45, 7) is 1.43. The summed E-state index contributed by atoms with van der Waals surface area (Å²) < 4.78 is 1.54. The van der Waals surface area contributed by atoms with Crippen molar-refractivity contribution < 1.29 is 19.8 Å². The molecule has 0 aliphatic carbocycles. The molecule has 7 heteroatoms. The normalized spacial score (nSPS) is 12.4. The van der Waals surface area contributed by atoms with E-state index in [4.69, 9.17) is 10.2 Å². The van der Waals surface area contributed by atoms with Crippen molar-refractivity contribution in [2.75, 3.05) is 0 Å². The first-order valence-corrected chi connectivity index (χ1v) is 4.72. The van der Waals surface area contributed by atoms with Crippen LogP contribution in [0.15, 0.2) is 6.20 Å². The fourth-order valence-corrected chi connectivity index (χ4v) is 1.45. The van der Waals surface area contributed by atoms with Crippen LogP contribution < -0.4 is 0 Å². The van der Waals surface area contributed by atoms with E-state index in [1.165, 1.54) is 13.1 Å². The number of carboxylic acid groups (broad SMARTS) is 2. The van der Waals surface area contributed by atoms with Gasteiger partial charge in [-0.25, -0.2) is 9.59 Å². The molecule has 0 fully saturated rings. The van der Waals surface area contributed by atoms with E-state index in [0.717, 1.165) is 4.68 Å². The second kappa shape index (κ2) is 3.95. The van der Waals surface area contributed by atoms with Gasteiger partial charge >= 0.3 is 11.9 Å². The van der Waals surface area contributed by atoms with Crippen molar-refractivity contribution in [3.05, 3.63) is 15.5 Å². The Bertz CT molecular complexity index is 387. The molecule has 0 aromatic carbocycles. The molecule has 0 aliphatic heterocycles. The van der Waals surface area contributed by atoms with Gasteiger partial charge in [-0.3, -0.25) is 4.68 Å². The highest BCUT2D eigenvalue weighted by molar-refractivity contribution is 14.1. The molecule has 1 aromatic heterocycles. The lowest BCUT2D eigenvalue weighted by Gasteiger charge is -2.04. The Morgan fingerprint density at radius 3 is 2.50 bits per heavy atom. The predicted molar refractivity (Wildman–Crippen MR) is 54.3 cm³/mol. The van der Waals surface area contributed by atoms with Crippen molar-refractivity contribution in [3.63, 3.8) is 0 Å². The van der Waals surface area contributed by atoms with E-state index >= 15 is 0 Å². The lowest BCUT2D eigenvalue weighted by Crippen LogP contribution is -2.16. The van der Waals surface area contributed by atoms with Crippen LogP contribution in [-0.4, -0.2) is 31.9 Å². The van der Waals surface area contributed by atoms with Crippen LogP contribution in [0.2, 0.25) is 0 Å². The molecule has 0 unspecified atom stereocenters. The molecule has 1 heterocycles. The maximum atomic E-state index is 10.6. The van der Waals surface area contributed by atoms with E-state index in [1.807, 2.05) is 0 Å². The summed E-state index contributed by atoms with van der Waals surface area (Å²) >= 11 is 1.80. The van der Waals surface area contributed by atoms with Crippen LogP contribution in [0.4, 0.5) is 0 Å². The fourth-order valence-electron chi connectivity index (χ4n) is 0.826. The topological polar surface area (TPSA) is 92.4 Å². The molecule has 2 N–H and O–H groups in total. The van der Waals surface area contributed by atoms with Crippen LogP contribution in [0.25, 0.3) is 0 Å². The van der Waals surface area contributed by atoms with Crippen LogP contribution in [0, 0.1) is 3.57 Å². The highest BCUT2D eigenvalue weighted by atomic mass is 127. The Labute approximate surface area is 92.7 Å². The monoisotopic (exact) mass is 310 g/mol. The Balaban J connectivity index is 3.08. The number of aliphatic carboxylic acids is 1. The first kappa shape index (κ1) is 11.0. The molecule has 0 saturated carbocycles. The summed E-state index contributed by atoms with van der Waals surface area (Å²) in [4.78, 5) is 21.2. The summed E-state index contributed by atoms with van der Waals surface area (Å²) in [6.07, 6.45) is 1.39. The highest BCUT2D eigenvalue weighted by Crippen LogP contribution is 2.13. The highest BCUT2D eigenvalue weighted by Gasteiger charge is 2.19. The Morgan fingerprint density at radius 2 is 2.14 bits per heavy atom. The SMILES string of the molecule is C[C@H](C(=O)O)n1cc(I)c(C(=O)O)n1. The van der Waals surface area contributed by atoms with Crippen molar-refractivity contribution >= 4 is 34.5 Å². The number of rotatable bonds is 3. The average molecular weight is 310 g/mol. The lowest BCUT2D eigenvalue weighted by molar-refractivity contribution is -0.140. The van der Waals surface area contributed by atoms with E-state index < -0.39 is 18.0 Å². The molecule has 76 valence electrons. The summed E-state index contributed by atoms with van der Waals surface area (Å²) in [5, 5.41) is 21.0. The van der Waals surface area contributed by atoms with E-state index in [9.17, 15) is 9.59 Å². The summed E-state index contributed by atoms with van der Waals surface area (Å²) in [5.74, 6) is -2.22. The zero-order valence-electron chi connectivity index (χ0n) is 7.14. The van der Waals surface area contributed by atoms with Crippen molar-refractivity contribution in [1.82, 2.24) is 9.78 Å². The lowest BCUT2D eigenvalue weighted by atomic mass is 10.4. The minimum atomic E-state index is -1.16. The largest absolute Gasteiger partial charge is 0.480 e. The van der Waals surface area contributed by atoms with Crippen LogP contribution in [0.1, 0.15) is 23.5 Å². The van der Waals surface area contributed by atoms with Crippen molar-refractivity contribution in [3.8, 4) is 0 Å². The third kappa shape index (κ3) is 2.03. The van der Waals surface area contributed by atoms with Crippen LogP contribution in [-0.2, 0) is 4.79 Å². The van der Waals surface area contributed by atoms with Crippen LogP contribution in [0.3, 0.4) is 0 Å². The van der Waals surface area contributed by atoms with Gasteiger partial charge < -0.3 is 10.2 Å². The molecule has 1 atom stereocenters. The Kier molecular flexibility index (Phi) is 3.09. The molecule has 14 heavy (non-hydrogen) atoms. The Morgan fingerprint density at radius 1 is 1.57 bits per heavy atom. The smallest absolute Gasteiger partial charge is 0.357 e. The third-order valence-corrected chi connectivity index (χ3v) is 2.43. The summed E-state index contributed by atoms with van der Waals surface area (Å²) in [5.41, 5.74) is -0.126. The van der Waals surface area contributed by atoms with Gasteiger partial charge in [-0.2, -0.15) is 5.10 Å². The van der Waals surface area contributed by atoms with Crippen LogP contribution >= 0.6 is 22.6 Å². The maximum absolute atomic E-state index is 10.6. The van der Waals surface area contributed by atoms with Crippen molar-refractivity contribution in [2.24, 2.45) is 0 Å². The first-order valence-electron chi connectivity index (χ1n) is 3.64. The quantitative estimate of drug-likeness (QED) is 0.807. The Hall–Kier alpha value is -1.12. The predicted octanol–water partition coefficient (Wildman–Crippen LogP) is 0.832. The van der Waals surface area contributed by atoms with Gasteiger partial charge in [0.25, 0.3) is 0 Å². The molecule has 1 rings (SSSR count). The molecule has 0 amide bonds.